The van der Waals surface area contributed by atoms with Crippen LogP contribution in [-0.4, -0.2) is 40.4 Å². The van der Waals surface area contributed by atoms with Gasteiger partial charge in [-0.05, 0) is 0 Å². The summed E-state index contributed by atoms with van der Waals surface area (Å²) in [4.78, 5) is 23.7. The molecular weight excluding hydrogens is 200 g/mol. The van der Waals surface area contributed by atoms with Crippen molar-refractivity contribution in [3.63, 3.8) is 0 Å². The van der Waals surface area contributed by atoms with E-state index in [1.165, 1.54) is 11.7 Å². The van der Waals surface area contributed by atoms with Gasteiger partial charge >= 0.3 is 5.97 Å². The van der Waals surface area contributed by atoms with Gasteiger partial charge in [0.1, 0.15) is 5.69 Å². The predicted molar refractivity (Wildman–Crippen MR) is 52.1 cm³/mol. The zero-order valence-corrected chi connectivity index (χ0v) is 8.31. The largest absolute Gasteiger partial charge is 0.476 e. The van der Waals surface area contributed by atoms with E-state index in [2.05, 4.69) is 10.4 Å². The molecule has 0 saturated heterocycles. The Balaban J connectivity index is 2.61. The number of carbonyl (C=O) groups is 2. The Hall–Kier alpha value is -2.05. The lowest BCUT2D eigenvalue weighted by Gasteiger charge is -2.23. The van der Waals surface area contributed by atoms with E-state index < -0.39 is 5.97 Å². The lowest BCUT2D eigenvalue weighted by atomic mass is 10.2. The number of aryl methyl sites for hydroxylation is 1. The van der Waals surface area contributed by atoms with Crippen molar-refractivity contribution in [3.8, 4) is 0 Å². The normalized spacial score (nSPS) is 14.8. The van der Waals surface area contributed by atoms with Gasteiger partial charge in [-0.3, -0.25) is 9.48 Å². The molecule has 2 heterocycles. The second kappa shape index (κ2) is 2.97. The van der Waals surface area contributed by atoms with Gasteiger partial charge in [0, 0.05) is 14.1 Å². The Morgan fingerprint density at radius 2 is 2.20 bits per heavy atom. The molecule has 0 bridgehead atoms. The minimum absolute atomic E-state index is 0.0764. The molecule has 0 radical (unpaired) electrons. The summed E-state index contributed by atoms with van der Waals surface area (Å²) >= 11 is 0. The summed E-state index contributed by atoms with van der Waals surface area (Å²) in [7, 11) is 3.19. The van der Waals surface area contributed by atoms with Gasteiger partial charge in [0.15, 0.2) is 11.5 Å². The van der Waals surface area contributed by atoms with E-state index in [9.17, 15) is 9.59 Å². The smallest absolute Gasteiger partial charge is 0.356 e. The monoisotopic (exact) mass is 210 g/mol. The minimum atomic E-state index is -1.06. The Labute approximate surface area is 85.3 Å². The van der Waals surface area contributed by atoms with Gasteiger partial charge in [0.05, 0.1) is 6.54 Å². The molecule has 0 unspecified atom stereocenters. The fourth-order valence-electron chi connectivity index (χ4n) is 1.66. The summed E-state index contributed by atoms with van der Waals surface area (Å²) in [6, 6.07) is 0. The number of hydrogen-bond donors (Lipinski definition) is 2. The Bertz CT molecular complexity index is 451. The van der Waals surface area contributed by atoms with Crippen LogP contribution < -0.4 is 10.2 Å². The highest BCUT2D eigenvalue weighted by Crippen LogP contribution is 2.30. The molecule has 1 amide bonds. The highest BCUT2D eigenvalue weighted by molar-refractivity contribution is 6.05. The number of nitrogens with zero attached hydrogens (tertiary/aromatic N) is 3. The van der Waals surface area contributed by atoms with Crippen LogP contribution in [0.5, 0.6) is 0 Å². The highest BCUT2D eigenvalue weighted by atomic mass is 16.4. The number of carboxylic acid groups (broad SMARTS) is 1. The molecule has 1 aliphatic heterocycles. The van der Waals surface area contributed by atoms with Gasteiger partial charge in [0.2, 0.25) is 5.91 Å². The van der Waals surface area contributed by atoms with Crippen LogP contribution in [0.25, 0.3) is 0 Å². The third kappa shape index (κ3) is 1.32. The maximum Gasteiger partial charge on any atom is 0.356 e. The minimum Gasteiger partial charge on any atom is -0.476 e. The van der Waals surface area contributed by atoms with E-state index in [1.807, 2.05) is 0 Å². The first-order valence-electron chi connectivity index (χ1n) is 4.32. The maximum absolute atomic E-state index is 11.2. The molecule has 0 aromatic carbocycles. The number of aromatic nitrogens is 2. The lowest BCUT2D eigenvalue weighted by Crippen LogP contribution is -2.35. The number of likely N-dealkylation sites (N-methyl/N-ethyl adjacent to an activating group) is 1. The van der Waals surface area contributed by atoms with Gasteiger partial charge in [0.25, 0.3) is 0 Å². The third-order valence-corrected chi connectivity index (χ3v) is 2.25. The van der Waals surface area contributed by atoms with Crippen molar-refractivity contribution in [1.82, 2.24) is 9.78 Å². The third-order valence-electron chi connectivity index (χ3n) is 2.25. The molecule has 0 fully saturated rings. The predicted octanol–water partition coefficient (Wildman–Crippen LogP) is -0.493. The average Bonchev–Trinajstić information content (AvgIpc) is 2.40. The zero-order valence-electron chi connectivity index (χ0n) is 8.31. The lowest BCUT2D eigenvalue weighted by molar-refractivity contribution is -0.115. The first-order valence-corrected chi connectivity index (χ1v) is 4.32. The van der Waals surface area contributed by atoms with Crippen molar-refractivity contribution in [2.24, 2.45) is 7.05 Å². The quantitative estimate of drug-likeness (QED) is 0.652. The fourth-order valence-corrected chi connectivity index (χ4v) is 1.66. The van der Waals surface area contributed by atoms with E-state index in [1.54, 1.807) is 11.9 Å². The van der Waals surface area contributed by atoms with Crippen LogP contribution in [0.1, 0.15) is 10.5 Å². The van der Waals surface area contributed by atoms with Crippen molar-refractivity contribution in [2.45, 2.75) is 0 Å². The molecule has 7 heteroatoms. The summed E-state index contributed by atoms with van der Waals surface area (Å²) in [5.74, 6) is -0.956. The number of carbonyl (C=O) groups excluding carboxylic acids is 1. The number of carboxylic acids is 1. The SMILES string of the molecule is CN1CC(=O)Nc2nn(C)c(C(=O)O)c21. The Morgan fingerprint density at radius 1 is 1.53 bits per heavy atom. The summed E-state index contributed by atoms with van der Waals surface area (Å²) in [6.45, 7) is 0.138. The number of aromatic carboxylic acids is 1. The van der Waals surface area contributed by atoms with Crippen molar-refractivity contribution >= 4 is 23.4 Å². The highest BCUT2D eigenvalue weighted by Gasteiger charge is 2.29. The van der Waals surface area contributed by atoms with Crippen LogP contribution in [0.15, 0.2) is 0 Å². The van der Waals surface area contributed by atoms with Gasteiger partial charge in [-0.15, -0.1) is 0 Å². The van der Waals surface area contributed by atoms with Crippen molar-refractivity contribution < 1.29 is 14.7 Å². The van der Waals surface area contributed by atoms with Crippen LogP contribution in [-0.2, 0) is 11.8 Å². The van der Waals surface area contributed by atoms with Crippen molar-refractivity contribution in [1.29, 1.82) is 0 Å². The number of amides is 1. The van der Waals surface area contributed by atoms with Crippen LogP contribution in [0.2, 0.25) is 0 Å². The van der Waals surface area contributed by atoms with Crippen molar-refractivity contribution in [2.75, 3.05) is 23.8 Å². The number of rotatable bonds is 1. The second-order valence-corrected chi connectivity index (χ2v) is 3.38. The molecular formula is C8H10N4O3. The molecule has 80 valence electrons. The van der Waals surface area contributed by atoms with Crippen LogP contribution in [0.4, 0.5) is 11.5 Å². The molecule has 7 nitrogen and oxygen atoms in total. The van der Waals surface area contributed by atoms with Crippen LogP contribution in [0, 0.1) is 0 Å². The molecule has 0 spiro atoms. The van der Waals surface area contributed by atoms with Crippen molar-refractivity contribution in [3.05, 3.63) is 5.69 Å². The standard InChI is InChI=1S/C8H10N4O3/c1-11-3-4(13)9-7-5(11)6(8(14)15)12(2)10-7/h3H2,1-2H3,(H,14,15)(H,9,10,13). The summed E-state index contributed by atoms with van der Waals surface area (Å²) in [5.41, 5.74) is 0.525. The van der Waals surface area contributed by atoms with Gasteiger partial charge in [-0.25, -0.2) is 4.79 Å². The van der Waals surface area contributed by atoms with Crippen LogP contribution in [0.3, 0.4) is 0 Å². The molecule has 1 aliphatic rings. The topological polar surface area (TPSA) is 87.5 Å². The van der Waals surface area contributed by atoms with Crippen LogP contribution >= 0.6 is 0 Å². The summed E-state index contributed by atoms with van der Waals surface area (Å²) < 4.78 is 1.25. The summed E-state index contributed by atoms with van der Waals surface area (Å²) in [5, 5.41) is 15.5. The Morgan fingerprint density at radius 3 is 2.80 bits per heavy atom. The molecule has 0 atom stereocenters. The van der Waals surface area contributed by atoms with E-state index in [4.69, 9.17) is 5.11 Å². The van der Waals surface area contributed by atoms with E-state index in [0.717, 1.165) is 0 Å². The Kier molecular flexibility index (Phi) is 1.88. The molecule has 0 saturated carbocycles. The van der Waals surface area contributed by atoms with Gasteiger partial charge in [-0.2, -0.15) is 5.10 Å². The average molecular weight is 210 g/mol. The van der Waals surface area contributed by atoms with Gasteiger partial charge in [-0.1, -0.05) is 0 Å². The molecule has 2 N–H and O–H groups in total. The summed E-state index contributed by atoms with van der Waals surface area (Å²) in [6.07, 6.45) is 0. The number of anilines is 2. The molecule has 2 rings (SSSR count). The zero-order chi connectivity index (χ0) is 11.2. The number of hydrogen-bond acceptors (Lipinski definition) is 4. The van der Waals surface area contributed by atoms with E-state index >= 15 is 0 Å². The first-order chi connectivity index (χ1) is 7.00. The molecule has 15 heavy (non-hydrogen) atoms. The number of fused-ring (bicyclic) bond motifs is 1. The van der Waals surface area contributed by atoms with E-state index in [0.29, 0.717) is 11.5 Å². The molecule has 0 aliphatic carbocycles. The second-order valence-electron chi connectivity index (χ2n) is 3.38. The first kappa shape index (κ1) is 9.50. The molecule has 1 aromatic heterocycles. The maximum atomic E-state index is 11.2. The van der Waals surface area contributed by atoms with Gasteiger partial charge < -0.3 is 15.3 Å². The number of nitrogens with one attached hydrogen (secondary N) is 1. The van der Waals surface area contributed by atoms with E-state index in [-0.39, 0.29) is 18.1 Å². The fraction of sp³-hybridized carbons (Fsp3) is 0.375. The molecule has 1 aromatic rings.